The van der Waals surface area contributed by atoms with E-state index < -0.39 is 0 Å². The Balaban J connectivity index is 1.26. The van der Waals surface area contributed by atoms with Gasteiger partial charge in [-0.3, -0.25) is 4.90 Å². The first-order chi connectivity index (χ1) is 12.8. The summed E-state index contributed by atoms with van der Waals surface area (Å²) in [4.78, 5) is 9.75. The zero-order valence-corrected chi connectivity index (χ0v) is 16.0. The monoisotopic (exact) mass is 367 g/mol. The Labute approximate surface area is 159 Å². The van der Waals surface area contributed by atoms with Gasteiger partial charge in [0.2, 0.25) is 0 Å². The third-order valence-electron chi connectivity index (χ3n) is 5.00. The SMILES string of the molecule is COc1ccccc1N1CCN(CCCc2nc3ccccc3s2)CC1. The number of benzene rings is 2. The zero-order valence-electron chi connectivity index (χ0n) is 15.2. The van der Waals surface area contributed by atoms with Crippen molar-refractivity contribution in [3.63, 3.8) is 0 Å². The maximum absolute atomic E-state index is 5.50. The van der Waals surface area contributed by atoms with Gasteiger partial charge in [0.1, 0.15) is 5.75 Å². The van der Waals surface area contributed by atoms with E-state index in [0.717, 1.165) is 50.4 Å². The molecule has 2 aromatic carbocycles. The quantitative estimate of drug-likeness (QED) is 0.657. The molecular weight excluding hydrogens is 342 g/mol. The number of ether oxygens (including phenoxy) is 1. The van der Waals surface area contributed by atoms with E-state index in [2.05, 4.69) is 46.2 Å². The molecule has 136 valence electrons. The number of piperazine rings is 1. The number of anilines is 1. The van der Waals surface area contributed by atoms with Gasteiger partial charge in [-0.25, -0.2) is 4.98 Å². The van der Waals surface area contributed by atoms with Gasteiger partial charge in [-0.05, 0) is 37.2 Å². The average Bonchev–Trinajstić information content (AvgIpc) is 3.11. The summed E-state index contributed by atoms with van der Waals surface area (Å²) in [6.07, 6.45) is 2.25. The lowest BCUT2D eigenvalue weighted by molar-refractivity contribution is 0.254. The summed E-state index contributed by atoms with van der Waals surface area (Å²) >= 11 is 1.83. The smallest absolute Gasteiger partial charge is 0.142 e. The molecule has 0 bridgehead atoms. The third-order valence-corrected chi connectivity index (χ3v) is 6.10. The van der Waals surface area contributed by atoms with Crippen LogP contribution in [0.4, 0.5) is 5.69 Å². The normalized spacial score (nSPS) is 15.5. The van der Waals surface area contributed by atoms with E-state index in [1.54, 1.807) is 7.11 Å². The van der Waals surface area contributed by atoms with Gasteiger partial charge in [0.15, 0.2) is 0 Å². The van der Waals surface area contributed by atoms with Crippen LogP contribution in [0.15, 0.2) is 48.5 Å². The predicted octanol–water partition coefficient (Wildman–Crippen LogP) is 4.06. The molecule has 1 fully saturated rings. The van der Waals surface area contributed by atoms with E-state index in [4.69, 9.17) is 9.72 Å². The van der Waals surface area contributed by atoms with Crippen LogP contribution in [0.25, 0.3) is 10.2 Å². The van der Waals surface area contributed by atoms with Crippen LogP contribution < -0.4 is 9.64 Å². The van der Waals surface area contributed by atoms with Crippen LogP contribution in [0.2, 0.25) is 0 Å². The largest absolute Gasteiger partial charge is 0.495 e. The Morgan fingerprint density at radius 3 is 2.58 bits per heavy atom. The first-order valence-electron chi connectivity index (χ1n) is 9.28. The number of aromatic nitrogens is 1. The first-order valence-corrected chi connectivity index (χ1v) is 10.1. The summed E-state index contributed by atoms with van der Waals surface area (Å²) in [6.45, 7) is 5.48. The van der Waals surface area contributed by atoms with Gasteiger partial charge in [0.05, 0.1) is 28.0 Å². The van der Waals surface area contributed by atoms with Crippen molar-refractivity contribution < 1.29 is 4.74 Å². The number of para-hydroxylation sites is 3. The van der Waals surface area contributed by atoms with E-state index in [1.807, 2.05) is 23.5 Å². The van der Waals surface area contributed by atoms with E-state index in [1.165, 1.54) is 21.8 Å². The highest BCUT2D eigenvalue weighted by Crippen LogP contribution is 2.28. The molecule has 5 heteroatoms. The Bertz CT molecular complexity index is 822. The number of rotatable bonds is 6. The van der Waals surface area contributed by atoms with Gasteiger partial charge in [-0.1, -0.05) is 24.3 Å². The van der Waals surface area contributed by atoms with Crippen molar-refractivity contribution >= 4 is 27.2 Å². The highest BCUT2D eigenvalue weighted by Gasteiger charge is 2.19. The van der Waals surface area contributed by atoms with Crippen LogP contribution in [-0.4, -0.2) is 49.7 Å². The average molecular weight is 368 g/mol. The summed E-state index contributed by atoms with van der Waals surface area (Å²) < 4.78 is 6.80. The van der Waals surface area contributed by atoms with Crippen molar-refractivity contribution in [2.24, 2.45) is 0 Å². The summed E-state index contributed by atoms with van der Waals surface area (Å²) in [5.74, 6) is 0.969. The number of methoxy groups -OCH3 is 1. The molecule has 0 radical (unpaired) electrons. The number of nitrogens with zero attached hydrogens (tertiary/aromatic N) is 3. The molecule has 2 heterocycles. The van der Waals surface area contributed by atoms with Gasteiger partial charge >= 0.3 is 0 Å². The van der Waals surface area contributed by atoms with Crippen molar-refractivity contribution in [1.29, 1.82) is 0 Å². The lowest BCUT2D eigenvalue weighted by Crippen LogP contribution is -2.46. The second-order valence-corrected chi connectivity index (χ2v) is 7.79. The number of aryl methyl sites for hydroxylation is 1. The van der Waals surface area contributed by atoms with Crippen molar-refractivity contribution in [3.8, 4) is 5.75 Å². The minimum absolute atomic E-state index is 0.969. The second kappa shape index (κ2) is 8.06. The van der Waals surface area contributed by atoms with Crippen LogP contribution in [0.3, 0.4) is 0 Å². The van der Waals surface area contributed by atoms with Gasteiger partial charge in [0.25, 0.3) is 0 Å². The standard InChI is InChI=1S/C21H25N3OS/c1-25-19-9-4-3-8-18(19)24-15-13-23(14-16-24)12-6-11-21-22-17-7-2-5-10-20(17)26-21/h2-5,7-10H,6,11-16H2,1H3. The molecule has 4 nitrogen and oxygen atoms in total. The molecule has 26 heavy (non-hydrogen) atoms. The summed E-state index contributed by atoms with van der Waals surface area (Å²) in [7, 11) is 1.75. The number of thiazole rings is 1. The van der Waals surface area contributed by atoms with Crippen LogP contribution in [-0.2, 0) is 6.42 Å². The Hall–Kier alpha value is -2.11. The zero-order chi connectivity index (χ0) is 17.8. The van der Waals surface area contributed by atoms with Crippen LogP contribution in [0.5, 0.6) is 5.75 Å². The highest BCUT2D eigenvalue weighted by molar-refractivity contribution is 7.18. The molecule has 3 aromatic rings. The lowest BCUT2D eigenvalue weighted by atomic mass is 10.2. The molecule has 0 aliphatic carbocycles. The molecular formula is C21H25N3OS. The topological polar surface area (TPSA) is 28.6 Å². The summed E-state index contributed by atoms with van der Waals surface area (Å²) in [5, 5.41) is 1.26. The van der Waals surface area contributed by atoms with E-state index in [9.17, 15) is 0 Å². The Morgan fingerprint density at radius 1 is 1.00 bits per heavy atom. The Kier molecular flexibility index (Phi) is 5.37. The number of hydrogen-bond acceptors (Lipinski definition) is 5. The second-order valence-electron chi connectivity index (χ2n) is 6.68. The van der Waals surface area contributed by atoms with Gasteiger partial charge in [-0.2, -0.15) is 0 Å². The minimum atomic E-state index is 0.969. The fraction of sp³-hybridized carbons (Fsp3) is 0.381. The van der Waals surface area contributed by atoms with Crippen LogP contribution >= 0.6 is 11.3 Å². The van der Waals surface area contributed by atoms with E-state index in [0.29, 0.717) is 0 Å². The summed E-state index contributed by atoms with van der Waals surface area (Å²) in [6, 6.07) is 16.7. The lowest BCUT2D eigenvalue weighted by Gasteiger charge is -2.36. The maximum atomic E-state index is 5.50. The van der Waals surface area contributed by atoms with Crippen LogP contribution in [0, 0.1) is 0 Å². The van der Waals surface area contributed by atoms with Crippen LogP contribution in [0.1, 0.15) is 11.4 Å². The highest BCUT2D eigenvalue weighted by atomic mass is 32.1. The fourth-order valence-corrected chi connectivity index (χ4v) is 4.59. The molecule has 0 unspecified atom stereocenters. The summed E-state index contributed by atoms with van der Waals surface area (Å²) in [5.41, 5.74) is 2.35. The number of fused-ring (bicyclic) bond motifs is 1. The van der Waals surface area contributed by atoms with Crippen molar-refractivity contribution in [1.82, 2.24) is 9.88 Å². The van der Waals surface area contributed by atoms with Gasteiger partial charge < -0.3 is 9.64 Å². The Morgan fingerprint density at radius 2 is 1.77 bits per heavy atom. The first kappa shape index (κ1) is 17.3. The van der Waals surface area contributed by atoms with Crippen molar-refractivity contribution in [3.05, 3.63) is 53.5 Å². The fourth-order valence-electron chi connectivity index (χ4n) is 3.58. The minimum Gasteiger partial charge on any atom is -0.495 e. The van der Waals surface area contributed by atoms with E-state index in [-0.39, 0.29) is 0 Å². The van der Waals surface area contributed by atoms with Crippen molar-refractivity contribution in [2.75, 3.05) is 44.7 Å². The maximum Gasteiger partial charge on any atom is 0.142 e. The molecule has 1 aliphatic heterocycles. The molecule has 0 saturated carbocycles. The van der Waals surface area contributed by atoms with Gasteiger partial charge in [0, 0.05) is 32.6 Å². The van der Waals surface area contributed by atoms with Crippen molar-refractivity contribution in [2.45, 2.75) is 12.8 Å². The predicted molar refractivity (Wildman–Crippen MR) is 110 cm³/mol. The molecule has 0 atom stereocenters. The number of hydrogen-bond donors (Lipinski definition) is 0. The molecule has 0 amide bonds. The molecule has 1 aromatic heterocycles. The molecule has 0 spiro atoms. The van der Waals surface area contributed by atoms with Gasteiger partial charge in [-0.15, -0.1) is 11.3 Å². The molecule has 0 N–H and O–H groups in total. The molecule has 1 aliphatic rings. The van der Waals surface area contributed by atoms with E-state index >= 15 is 0 Å². The third kappa shape index (κ3) is 3.84. The molecule has 1 saturated heterocycles. The molecule has 4 rings (SSSR count).